The number of piperazine rings is 1. The van der Waals surface area contributed by atoms with E-state index in [2.05, 4.69) is 19.8 Å². The Labute approximate surface area is 173 Å². The molecule has 2 heterocycles. The van der Waals surface area contributed by atoms with Crippen molar-refractivity contribution in [2.24, 2.45) is 10.7 Å². The molecule has 0 atom stereocenters. The molecule has 1 aromatic heterocycles. The molecule has 0 amide bonds. The fourth-order valence-electron chi connectivity index (χ4n) is 2.76. The third-order valence-corrected chi connectivity index (χ3v) is 4.96. The Kier molecular flexibility index (Phi) is 8.04. The van der Waals surface area contributed by atoms with E-state index in [0.717, 1.165) is 36.9 Å². The fraction of sp³-hybridized carbons (Fsp3) is 0.412. The van der Waals surface area contributed by atoms with Crippen molar-refractivity contribution in [2.45, 2.75) is 13.2 Å². The van der Waals surface area contributed by atoms with E-state index in [4.69, 9.17) is 10.5 Å². The van der Waals surface area contributed by atoms with Gasteiger partial charge in [-0.3, -0.25) is 0 Å². The summed E-state index contributed by atoms with van der Waals surface area (Å²) in [7, 11) is 1.55. The van der Waals surface area contributed by atoms with Crippen molar-refractivity contribution in [3.05, 3.63) is 46.7 Å². The summed E-state index contributed by atoms with van der Waals surface area (Å²) in [5.41, 5.74) is 7.58. The molecule has 0 bridgehead atoms. The van der Waals surface area contributed by atoms with Crippen LogP contribution < -0.4 is 10.6 Å². The Hall–Kier alpha value is -1.46. The highest BCUT2D eigenvalue weighted by Crippen LogP contribution is 2.19. The number of rotatable bonds is 5. The lowest BCUT2D eigenvalue weighted by Gasteiger charge is -2.35. The van der Waals surface area contributed by atoms with E-state index in [0.29, 0.717) is 18.1 Å². The molecule has 0 aliphatic carbocycles. The number of aromatic nitrogens is 1. The van der Waals surface area contributed by atoms with Crippen LogP contribution in [0.5, 0.6) is 0 Å². The zero-order valence-electron chi connectivity index (χ0n) is 14.6. The van der Waals surface area contributed by atoms with E-state index in [-0.39, 0.29) is 36.4 Å². The van der Waals surface area contributed by atoms with Crippen molar-refractivity contribution in [3.63, 3.8) is 0 Å². The van der Waals surface area contributed by atoms with Gasteiger partial charge in [0.2, 0.25) is 0 Å². The van der Waals surface area contributed by atoms with Crippen LogP contribution in [0.2, 0.25) is 0 Å². The molecule has 142 valence electrons. The maximum atomic E-state index is 13.6. The molecule has 9 heteroatoms. The molecule has 0 saturated carbocycles. The number of ether oxygens (including phenoxy) is 1. The molecule has 0 spiro atoms. The van der Waals surface area contributed by atoms with Crippen LogP contribution >= 0.6 is 35.3 Å². The third-order valence-electron chi connectivity index (χ3n) is 4.13. The number of hydrogen-bond acceptors (Lipinski definition) is 5. The van der Waals surface area contributed by atoms with Crippen molar-refractivity contribution < 1.29 is 9.13 Å². The first-order valence-electron chi connectivity index (χ1n) is 8.13. The molecule has 3 rings (SSSR count). The topological polar surface area (TPSA) is 67.0 Å². The molecule has 1 aliphatic rings. The summed E-state index contributed by atoms with van der Waals surface area (Å²) in [5, 5.41) is 3.03. The van der Waals surface area contributed by atoms with Crippen LogP contribution in [-0.4, -0.2) is 49.1 Å². The predicted octanol–water partition coefficient (Wildman–Crippen LogP) is 2.68. The van der Waals surface area contributed by atoms with E-state index in [1.54, 1.807) is 30.6 Å². The number of halogens is 2. The van der Waals surface area contributed by atoms with Crippen LogP contribution in [0.25, 0.3) is 0 Å². The van der Waals surface area contributed by atoms with Crippen LogP contribution in [-0.2, 0) is 17.9 Å². The van der Waals surface area contributed by atoms with Gasteiger partial charge >= 0.3 is 0 Å². The zero-order valence-corrected chi connectivity index (χ0v) is 17.7. The molecule has 2 N–H and O–H groups in total. The highest BCUT2D eigenvalue weighted by Gasteiger charge is 2.19. The first-order valence-corrected chi connectivity index (χ1v) is 9.01. The predicted molar refractivity (Wildman–Crippen MR) is 114 cm³/mol. The third kappa shape index (κ3) is 5.27. The molecular weight excluding hydrogens is 468 g/mol. The second kappa shape index (κ2) is 10.0. The lowest BCUT2D eigenvalue weighted by molar-refractivity contribution is 0.181. The number of methoxy groups -OCH3 is 1. The van der Waals surface area contributed by atoms with Gasteiger partial charge in [0.15, 0.2) is 11.1 Å². The number of thiazole rings is 1. The van der Waals surface area contributed by atoms with Gasteiger partial charge in [-0.15, -0.1) is 35.3 Å². The Bertz CT molecular complexity index is 720. The van der Waals surface area contributed by atoms with Crippen LogP contribution in [0, 0.1) is 5.82 Å². The molecule has 0 unspecified atom stereocenters. The Balaban J connectivity index is 0.00000243. The fourth-order valence-corrected chi connectivity index (χ4v) is 3.46. The monoisotopic (exact) mass is 491 g/mol. The Morgan fingerprint density at radius 3 is 2.77 bits per heavy atom. The quantitative estimate of drug-likeness (QED) is 0.396. The number of anilines is 1. The molecule has 1 fully saturated rings. The van der Waals surface area contributed by atoms with E-state index in [1.807, 2.05) is 11.6 Å². The number of nitrogens with zero attached hydrogens (tertiary/aromatic N) is 4. The summed E-state index contributed by atoms with van der Waals surface area (Å²) in [6.45, 7) is 4.05. The molecule has 26 heavy (non-hydrogen) atoms. The molecule has 6 nitrogen and oxygen atoms in total. The Morgan fingerprint density at radius 2 is 2.12 bits per heavy atom. The summed E-state index contributed by atoms with van der Waals surface area (Å²) < 4.78 is 18.6. The van der Waals surface area contributed by atoms with Gasteiger partial charge < -0.3 is 20.3 Å². The van der Waals surface area contributed by atoms with Crippen molar-refractivity contribution in [1.29, 1.82) is 0 Å². The van der Waals surface area contributed by atoms with Crippen molar-refractivity contribution in [1.82, 2.24) is 9.88 Å². The van der Waals surface area contributed by atoms with Crippen LogP contribution in [0.3, 0.4) is 0 Å². The van der Waals surface area contributed by atoms with Crippen LogP contribution in [0.15, 0.2) is 34.8 Å². The van der Waals surface area contributed by atoms with E-state index >= 15 is 0 Å². The number of guanidine groups is 1. The van der Waals surface area contributed by atoms with Gasteiger partial charge in [-0.1, -0.05) is 6.07 Å². The van der Waals surface area contributed by atoms with Gasteiger partial charge in [0.25, 0.3) is 0 Å². The van der Waals surface area contributed by atoms with Gasteiger partial charge in [-0.25, -0.2) is 14.4 Å². The normalized spacial score (nSPS) is 15.1. The van der Waals surface area contributed by atoms with E-state index in [9.17, 15) is 4.39 Å². The minimum absolute atomic E-state index is 0. The summed E-state index contributed by atoms with van der Waals surface area (Å²) in [4.78, 5) is 13.1. The second-order valence-electron chi connectivity index (χ2n) is 5.82. The van der Waals surface area contributed by atoms with Crippen molar-refractivity contribution in [3.8, 4) is 0 Å². The zero-order chi connectivity index (χ0) is 17.6. The summed E-state index contributed by atoms with van der Waals surface area (Å²) in [6, 6.07) is 4.95. The molecule has 0 radical (unpaired) electrons. The minimum atomic E-state index is -0.263. The van der Waals surface area contributed by atoms with Gasteiger partial charge in [-0.05, 0) is 17.7 Å². The van der Waals surface area contributed by atoms with E-state index < -0.39 is 0 Å². The number of hydrogen-bond donors (Lipinski definition) is 1. The number of benzene rings is 1. The van der Waals surface area contributed by atoms with Gasteiger partial charge in [0.1, 0.15) is 5.82 Å². The maximum absolute atomic E-state index is 13.6. The minimum Gasteiger partial charge on any atom is -0.380 e. The molecule has 2 aromatic rings. The average Bonchev–Trinajstić information content (AvgIpc) is 3.17. The molecular formula is C17H23FIN5OS. The van der Waals surface area contributed by atoms with Gasteiger partial charge in [0, 0.05) is 50.4 Å². The molecule has 1 saturated heterocycles. The lowest BCUT2D eigenvalue weighted by atomic mass is 10.1. The van der Waals surface area contributed by atoms with Gasteiger partial charge in [-0.2, -0.15) is 0 Å². The number of nitrogens with two attached hydrogens (primary N) is 1. The summed E-state index contributed by atoms with van der Waals surface area (Å²) >= 11 is 1.65. The maximum Gasteiger partial charge on any atom is 0.191 e. The highest BCUT2D eigenvalue weighted by atomic mass is 127. The highest BCUT2D eigenvalue weighted by molar-refractivity contribution is 14.0. The standard InChI is InChI=1S/C17H22FN5OS.HI/c1-24-12-14-10-13(2-3-15(14)18)11-21-16(19)22-5-7-23(8-6-22)17-20-4-9-25-17;/h2-4,9-10H,5-8,11-12H2,1H3,(H2,19,21);1H. The van der Waals surface area contributed by atoms with Crippen molar-refractivity contribution in [2.75, 3.05) is 38.2 Å². The summed E-state index contributed by atoms with van der Waals surface area (Å²) in [5.74, 6) is 0.261. The van der Waals surface area contributed by atoms with Crippen LogP contribution in [0.4, 0.5) is 9.52 Å². The number of aliphatic imine (C=N–C) groups is 1. The second-order valence-corrected chi connectivity index (χ2v) is 6.69. The molecule has 1 aliphatic heterocycles. The first-order chi connectivity index (χ1) is 12.2. The largest absolute Gasteiger partial charge is 0.380 e. The lowest BCUT2D eigenvalue weighted by Crippen LogP contribution is -2.51. The van der Waals surface area contributed by atoms with E-state index in [1.165, 1.54) is 6.07 Å². The Morgan fingerprint density at radius 1 is 1.35 bits per heavy atom. The molecule has 1 aromatic carbocycles. The average molecular weight is 491 g/mol. The van der Waals surface area contributed by atoms with Gasteiger partial charge in [0.05, 0.1) is 13.2 Å². The van der Waals surface area contributed by atoms with Crippen molar-refractivity contribution >= 4 is 46.4 Å². The van der Waals surface area contributed by atoms with Crippen LogP contribution in [0.1, 0.15) is 11.1 Å². The SMILES string of the molecule is COCc1cc(CN=C(N)N2CCN(c3nccs3)CC2)ccc1F.I. The summed E-state index contributed by atoms with van der Waals surface area (Å²) in [6.07, 6.45) is 1.82. The first kappa shape index (κ1) is 20.8. The smallest absolute Gasteiger partial charge is 0.191 e.